The van der Waals surface area contributed by atoms with Gasteiger partial charge in [-0.2, -0.15) is 0 Å². The van der Waals surface area contributed by atoms with Crippen molar-refractivity contribution in [1.82, 2.24) is 0 Å². The second kappa shape index (κ2) is 9.47. The topological polar surface area (TPSA) is 38.7 Å². The van der Waals surface area contributed by atoms with E-state index in [0.29, 0.717) is 6.61 Å². The van der Waals surface area contributed by atoms with E-state index < -0.39 is 6.10 Å². The Hall–Kier alpha value is -0.560. The largest absolute Gasteiger partial charge is 0.380 e. The molecule has 0 aromatic heterocycles. The molecule has 1 fully saturated rings. The molecule has 0 radical (unpaired) electrons. The van der Waals surface area contributed by atoms with Crippen LogP contribution < -0.4 is 0 Å². The normalized spacial score (nSPS) is 21.6. The van der Waals surface area contributed by atoms with E-state index in [-0.39, 0.29) is 6.29 Å². The molecular weight excluding hydrogens is 216 g/mol. The summed E-state index contributed by atoms with van der Waals surface area (Å²) in [5.74, 6) is 5.66. The lowest BCUT2D eigenvalue weighted by Crippen LogP contribution is -2.22. The lowest BCUT2D eigenvalue weighted by Gasteiger charge is -2.21. The number of rotatable bonds is 6. The maximum Gasteiger partial charge on any atom is 0.158 e. The number of aliphatic hydroxyl groups is 1. The molecule has 0 bridgehead atoms. The molecule has 0 amide bonds. The summed E-state index contributed by atoms with van der Waals surface area (Å²) >= 11 is 0. The molecular formula is C14H24O3. The van der Waals surface area contributed by atoms with E-state index in [1.807, 2.05) is 0 Å². The summed E-state index contributed by atoms with van der Waals surface area (Å²) in [4.78, 5) is 0. The standard InChI is InChI=1S/C14H24O3/c1-2-3-4-8-13(15)9-7-12-17-14-10-5-6-11-16-14/h13-15H,2-6,8,10-12H2,1H3. The van der Waals surface area contributed by atoms with Crippen LogP contribution in [0.2, 0.25) is 0 Å². The minimum absolute atomic E-state index is 0.0877. The van der Waals surface area contributed by atoms with E-state index in [0.717, 1.165) is 45.1 Å². The van der Waals surface area contributed by atoms with Crippen molar-refractivity contribution in [3.8, 4) is 11.8 Å². The molecule has 0 aromatic carbocycles. The van der Waals surface area contributed by atoms with Gasteiger partial charge in [-0.15, -0.1) is 0 Å². The van der Waals surface area contributed by atoms with Gasteiger partial charge >= 0.3 is 0 Å². The second-order valence-corrected chi connectivity index (χ2v) is 4.44. The Kier molecular flexibility index (Phi) is 8.08. The Morgan fingerprint density at radius 2 is 2.29 bits per heavy atom. The molecule has 0 aromatic rings. The first-order chi connectivity index (χ1) is 8.33. The highest BCUT2D eigenvalue weighted by Crippen LogP contribution is 2.13. The molecule has 98 valence electrons. The van der Waals surface area contributed by atoms with Crippen LogP contribution in [0.15, 0.2) is 0 Å². The third kappa shape index (κ3) is 7.38. The van der Waals surface area contributed by atoms with Crippen molar-refractivity contribution in [1.29, 1.82) is 0 Å². The summed E-state index contributed by atoms with van der Waals surface area (Å²) in [6.07, 6.45) is 6.79. The first-order valence-electron chi connectivity index (χ1n) is 6.72. The molecule has 0 saturated carbocycles. The Morgan fingerprint density at radius 3 is 3.00 bits per heavy atom. The predicted molar refractivity (Wildman–Crippen MR) is 67.5 cm³/mol. The van der Waals surface area contributed by atoms with Crippen molar-refractivity contribution in [3.63, 3.8) is 0 Å². The van der Waals surface area contributed by atoms with E-state index in [2.05, 4.69) is 18.8 Å². The van der Waals surface area contributed by atoms with Crippen LogP contribution in [0.4, 0.5) is 0 Å². The monoisotopic (exact) mass is 240 g/mol. The number of unbranched alkanes of at least 4 members (excludes halogenated alkanes) is 2. The third-order valence-electron chi connectivity index (χ3n) is 2.83. The van der Waals surface area contributed by atoms with Crippen molar-refractivity contribution in [2.45, 2.75) is 64.3 Å². The summed E-state index contributed by atoms with van der Waals surface area (Å²) in [6, 6.07) is 0. The van der Waals surface area contributed by atoms with Crippen molar-refractivity contribution in [2.75, 3.05) is 13.2 Å². The molecule has 2 atom stereocenters. The summed E-state index contributed by atoms with van der Waals surface area (Å²) in [5.41, 5.74) is 0. The van der Waals surface area contributed by atoms with E-state index in [1.165, 1.54) is 6.42 Å². The highest BCUT2D eigenvalue weighted by molar-refractivity contribution is 5.04. The minimum Gasteiger partial charge on any atom is -0.380 e. The smallest absolute Gasteiger partial charge is 0.158 e. The predicted octanol–water partition coefficient (Wildman–Crippen LogP) is 2.47. The average molecular weight is 240 g/mol. The van der Waals surface area contributed by atoms with Crippen LogP contribution in [0.3, 0.4) is 0 Å². The van der Waals surface area contributed by atoms with E-state index in [9.17, 15) is 5.11 Å². The van der Waals surface area contributed by atoms with Gasteiger partial charge < -0.3 is 14.6 Å². The second-order valence-electron chi connectivity index (χ2n) is 4.44. The fraction of sp³-hybridized carbons (Fsp3) is 0.857. The van der Waals surface area contributed by atoms with Gasteiger partial charge in [0.1, 0.15) is 12.7 Å². The molecule has 0 aliphatic carbocycles. The fourth-order valence-electron chi connectivity index (χ4n) is 1.80. The summed E-state index contributed by atoms with van der Waals surface area (Å²) in [5, 5.41) is 9.55. The van der Waals surface area contributed by atoms with E-state index >= 15 is 0 Å². The Bertz CT molecular complexity index is 236. The first kappa shape index (κ1) is 14.5. The average Bonchev–Trinajstić information content (AvgIpc) is 2.36. The van der Waals surface area contributed by atoms with Crippen LogP contribution in [-0.2, 0) is 9.47 Å². The van der Waals surface area contributed by atoms with Gasteiger partial charge in [0.15, 0.2) is 6.29 Å². The van der Waals surface area contributed by atoms with Gasteiger partial charge in [-0.1, -0.05) is 31.6 Å². The lowest BCUT2D eigenvalue weighted by molar-refractivity contribution is -0.154. The van der Waals surface area contributed by atoms with Crippen molar-refractivity contribution < 1.29 is 14.6 Å². The van der Waals surface area contributed by atoms with Gasteiger partial charge in [0.2, 0.25) is 0 Å². The molecule has 3 heteroatoms. The zero-order chi connectivity index (χ0) is 12.3. The molecule has 1 aliphatic rings. The van der Waals surface area contributed by atoms with Gasteiger partial charge in [0.05, 0.1) is 0 Å². The van der Waals surface area contributed by atoms with Gasteiger partial charge in [-0.25, -0.2) is 0 Å². The fourth-order valence-corrected chi connectivity index (χ4v) is 1.80. The summed E-state index contributed by atoms with van der Waals surface area (Å²) < 4.78 is 10.9. The van der Waals surface area contributed by atoms with Gasteiger partial charge in [0.25, 0.3) is 0 Å². The Labute approximate surface area is 104 Å². The zero-order valence-electron chi connectivity index (χ0n) is 10.8. The first-order valence-corrected chi connectivity index (χ1v) is 6.72. The van der Waals surface area contributed by atoms with E-state index in [1.54, 1.807) is 0 Å². The molecule has 1 saturated heterocycles. The molecule has 0 spiro atoms. The molecule has 1 rings (SSSR count). The number of hydrogen-bond donors (Lipinski definition) is 1. The van der Waals surface area contributed by atoms with Crippen molar-refractivity contribution in [2.24, 2.45) is 0 Å². The molecule has 1 N–H and O–H groups in total. The highest BCUT2D eigenvalue weighted by atomic mass is 16.7. The number of ether oxygens (including phenoxy) is 2. The van der Waals surface area contributed by atoms with Crippen LogP contribution >= 0.6 is 0 Å². The van der Waals surface area contributed by atoms with Crippen LogP contribution in [-0.4, -0.2) is 30.7 Å². The zero-order valence-corrected chi connectivity index (χ0v) is 10.8. The quantitative estimate of drug-likeness (QED) is 0.572. The van der Waals surface area contributed by atoms with E-state index in [4.69, 9.17) is 9.47 Å². The van der Waals surface area contributed by atoms with Crippen LogP contribution in [0.5, 0.6) is 0 Å². The van der Waals surface area contributed by atoms with Gasteiger partial charge in [-0.3, -0.25) is 0 Å². The summed E-state index contributed by atoms with van der Waals surface area (Å²) in [6.45, 7) is 3.29. The maximum atomic E-state index is 9.55. The SMILES string of the molecule is CCCCCC(O)C#CCOC1CCCCO1. The van der Waals surface area contributed by atoms with Crippen molar-refractivity contribution >= 4 is 0 Å². The van der Waals surface area contributed by atoms with Crippen molar-refractivity contribution in [3.05, 3.63) is 0 Å². The Morgan fingerprint density at radius 1 is 1.41 bits per heavy atom. The molecule has 2 unspecified atom stereocenters. The maximum absolute atomic E-state index is 9.55. The van der Waals surface area contributed by atoms with Crippen LogP contribution in [0.25, 0.3) is 0 Å². The molecule has 17 heavy (non-hydrogen) atoms. The summed E-state index contributed by atoms with van der Waals surface area (Å²) in [7, 11) is 0. The lowest BCUT2D eigenvalue weighted by atomic mass is 10.1. The highest BCUT2D eigenvalue weighted by Gasteiger charge is 2.12. The molecule has 3 nitrogen and oxygen atoms in total. The van der Waals surface area contributed by atoms with Crippen LogP contribution in [0, 0.1) is 11.8 Å². The van der Waals surface area contributed by atoms with Gasteiger partial charge in [0, 0.05) is 6.61 Å². The third-order valence-corrected chi connectivity index (χ3v) is 2.83. The number of hydrogen-bond acceptors (Lipinski definition) is 3. The minimum atomic E-state index is -0.502. The van der Waals surface area contributed by atoms with Gasteiger partial charge in [-0.05, 0) is 32.1 Å². The van der Waals surface area contributed by atoms with Crippen LogP contribution in [0.1, 0.15) is 51.9 Å². The molecule has 1 aliphatic heterocycles. The molecule has 1 heterocycles. The number of aliphatic hydroxyl groups excluding tert-OH is 1. The Balaban J connectivity index is 2.04.